The van der Waals surface area contributed by atoms with Crippen LogP contribution in [0.2, 0.25) is 0 Å². The normalized spacial score (nSPS) is 10.5. The minimum atomic E-state index is -1.06. The van der Waals surface area contributed by atoms with Gasteiger partial charge in [0.2, 0.25) is 0 Å². The lowest BCUT2D eigenvalue weighted by Gasteiger charge is -2.07. The number of rotatable bonds is 3. The molecule has 0 fully saturated rings. The Morgan fingerprint density at radius 3 is 1.87 bits per heavy atom. The first kappa shape index (κ1) is 14.9. The average Bonchev–Trinajstić information content (AvgIpc) is 2.55. The number of aromatic carboxylic acids is 1. The summed E-state index contributed by atoms with van der Waals surface area (Å²) < 4.78 is 0. The molecule has 0 aliphatic heterocycles. The van der Waals surface area contributed by atoms with Gasteiger partial charge in [-0.05, 0) is 19.9 Å². The van der Waals surface area contributed by atoms with Gasteiger partial charge in [-0.2, -0.15) is 0 Å². The summed E-state index contributed by atoms with van der Waals surface area (Å²) in [6, 6.07) is 17.0. The molecule has 1 heterocycles. The van der Waals surface area contributed by atoms with Crippen LogP contribution < -0.4 is 0 Å². The Morgan fingerprint density at radius 2 is 1.35 bits per heavy atom. The van der Waals surface area contributed by atoms with Crippen molar-refractivity contribution in [3.63, 3.8) is 0 Å². The molecule has 0 aliphatic carbocycles. The minimum Gasteiger partial charge on any atom is -0.477 e. The van der Waals surface area contributed by atoms with Gasteiger partial charge >= 0.3 is 5.97 Å². The van der Waals surface area contributed by atoms with Crippen LogP contribution in [0, 0.1) is 13.8 Å². The molecule has 4 nitrogen and oxygen atoms in total. The van der Waals surface area contributed by atoms with Gasteiger partial charge in [0, 0.05) is 11.1 Å². The fraction of sp³-hybridized carbons (Fsp3) is 0.105. The Kier molecular flexibility index (Phi) is 3.89. The second kappa shape index (κ2) is 6.01. The summed E-state index contributed by atoms with van der Waals surface area (Å²) in [5.41, 5.74) is 4.53. The highest BCUT2D eigenvalue weighted by Crippen LogP contribution is 2.23. The standard InChI is InChI=1S/C19H16N2O2/c1-12-3-7-14(8-4-12)16-11-17(19(22)23)21-18(20-16)15-9-5-13(2)6-10-15/h3-11H,1-2H3,(H,22,23). The number of carboxylic acids is 1. The summed E-state index contributed by atoms with van der Waals surface area (Å²) in [5.74, 6) is -0.644. The maximum absolute atomic E-state index is 11.4. The molecule has 0 radical (unpaired) electrons. The van der Waals surface area contributed by atoms with E-state index in [0.717, 1.165) is 22.3 Å². The van der Waals surface area contributed by atoms with Gasteiger partial charge in [-0.1, -0.05) is 59.7 Å². The molecule has 0 saturated carbocycles. The topological polar surface area (TPSA) is 63.1 Å². The van der Waals surface area contributed by atoms with E-state index in [1.54, 1.807) is 0 Å². The first-order chi connectivity index (χ1) is 11.0. The van der Waals surface area contributed by atoms with Crippen molar-refractivity contribution in [2.24, 2.45) is 0 Å². The predicted molar refractivity (Wildman–Crippen MR) is 89.3 cm³/mol. The number of nitrogens with zero attached hydrogens (tertiary/aromatic N) is 2. The largest absolute Gasteiger partial charge is 0.477 e. The van der Waals surface area contributed by atoms with Crippen LogP contribution in [0.1, 0.15) is 21.6 Å². The zero-order valence-electron chi connectivity index (χ0n) is 12.9. The Bertz CT molecular complexity index is 790. The Hall–Kier alpha value is -3.01. The van der Waals surface area contributed by atoms with Crippen LogP contribution >= 0.6 is 0 Å². The summed E-state index contributed by atoms with van der Waals surface area (Å²) in [6.07, 6.45) is 0. The Labute approximate surface area is 134 Å². The van der Waals surface area contributed by atoms with Gasteiger partial charge in [-0.3, -0.25) is 0 Å². The van der Waals surface area contributed by atoms with Crippen LogP contribution in [0.25, 0.3) is 22.6 Å². The molecule has 1 aromatic heterocycles. The van der Waals surface area contributed by atoms with Crippen molar-refractivity contribution in [3.05, 3.63) is 71.4 Å². The van der Waals surface area contributed by atoms with Crippen LogP contribution in [0.3, 0.4) is 0 Å². The molecule has 0 atom stereocenters. The van der Waals surface area contributed by atoms with Crippen molar-refractivity contribution in [1.29, 1.82) is 0 Å². The number of carboxylic acid groups (broad SMARTS) is 1. The van der Waals surface area contributed by atoms with Crippen LogP contribution in [0.4, 0.5) is 0 Å². The zero-order valence-corrected chi connectivity index (χ0v) is 12.9. The summed E-state index contributed by atoms with van der Waals surface area (Å²) in [7, 11) is 0. The van der Waals surface area contributed by atoms with E-state index in [9.17, 15) is 9.90 Å². The van der Waals surface area contributed by atoms with Gasteiger partial charge in [0.05, 0.1) is 5.69 Å². The third-order valence-electron chi connectivity index (χ3n) is 3.60. The monoisotopic (exact) mass is 304 g/mol. The Balaban J connectivity index is 2.15. The third kappa shape index (κ3) is 3.26. The molecule has 0 saturated heterocycles. The van der Waals surface area contributed by atoms with E-state index < -0.39 is 5.97 Å². The molecule has 0 amide bonds. The van der Waals surface area contributed by atoms with Crippen molar-refractivity contribution in [2.75, 3.05) is 0 Å². The fourth-order valence-corrected chi connectivity index (χ4v) is 2.26. The second-order valence-electron chi connectivity index (χ2n) is 5.50. The third-order valence-corrected chi connectivity index (χ3v) is 3.60. The highest BCUT2D eigenvalue weighted by Gasteiger charge is 2.13. The van der Waals surface area contributed by atoms with Gasteiger partial charge in [0.1, 0.15) is 0 Å². The van der Waals surface area contributed by atoms with E-state index in [0.29, 0.717) is 11.5 Å². The maximum Gasteiger partial charge on any atom is 0.354 e. The number of hydrogen-bond donors (Lipinski definition) is 1. The lowest BCUT2D eigenvalue weighted by molar-refractivity contribution is 0.0690. The first-order valence-corrected chi connectivity index (χ1v) is 7.29. The van der Waals surface area contributed by atoms with Crippen LogP contribution in [0.5, 0.6) is 0 Å². The van der Waals surface area contributed by atoms with Crippen molar-refractivity contribution < 1.29 is 9.90 Å². The second-order valence-corrected chi connectivity index (χ2v) is 5.50. The summed E-state index contributed by atoms with van der Waals surface area (Å²) in [5, 5.41) is 9.33. The van der Waals surface area contributed by atoms with Crippen molar-refractivity contribution in [2.45, 2.75) is 13.8 Å². The minimum absolute atomic E-state index is 0.00819. The van der Waals surface area contributed by atoms with E-state index in [2.05, 4.69) is 9.97 Å². The summed E-state index contributed by atoms with van der Waals surface area (Å²) >= 11 is 0. The lowest BCUT2D eigenvalue weighted by Crippen LogP contribution is -2.04. The number of aryl methyl sites for hydroxylation is 2. The van der Waals surface area contributed by atoms with E-state index >= 15 is 0 Å². The SMILES string of the molecule is Cc1ccc(-c2cc(C(=O)O)nc(-c3ccc(C)cc3)n2)cc1. The molecule has 23 heavy (non-hydrogen) atoms. The van der Waals surface area contributed by atoms with Crippen LogP contribution in [-0.2, 0) is 0 Å². The molecule has 0 bridgehead atoms. The molecule has 2 aromatic carbocycles. The molecule has 4 heteroatoms. The smallest absolute Gasteiger partial charge is 0.354 e. The van der Waals surface area contributed by atoms with Crippen LogP contribution in [0.15, 0.2) is 54.6 Å². The highest BCUT2D eigenvalue weighted by molar-refractivity contribution is 5.87. The molecular formula is C19H16N2O2. The first-order valence-electron chi connectivity index (χ1n) is 7.29. The molecule has 3 rings (SSSR count). The number of benzene rings is 2. The van der Waals surface area contributed by atoms with E-state index in [-0.39, 0.29) is 5.69 Å². The van der Waals surface area contributed by atoms with Crippen molar-refractivity contribution in [1.82, 2.24) is 9.97 Å². The number of aromatic nitrogens is 2. The van der Waals surface area contributed by atoms with Crippen molar-refractivity contribution >= 4 is 5.97 Å². The molecule has 0 unspecified atom stereocenters. The fourth-order valence-electron chi connectivity index (χ4n) is 2.26. The Morgan fingerprint density at radius 1 is 0.826 bits per heavy atom. The number of carbonyl (C=O) groups is 1. The zero-order chi connectivity index (χ0) is 16.4. The molecule has 0 spiro atoms. The van der Waals surface area contributed by atoms with E-state index in [1.807, 2.05) is 62.4 Å². The highest BCUT2D eigenvalue weighted by atomic mass is 16.4. The van der Waals surface area contributed by atoms with E-state index in [4.69, 9.17) is 0 Å². The van der Waals surface area contributed by atoms with Crippen molar-refractivity contribution in [3.8, 4) is 22.6 Å². The predicted octanol–water partition coefficient (Wildman–Crippen LogP) is 4.13. The number of hydrogen-bond acceptors (Lipinski definition) is 3. The van der Waals surface area contributed by atoms with E-state index in [1.165, 1.54) is 6.07 Å². The van der Waals surface area contributed by atoms with Gasteiger partial charge in [-0.25, -0.2) is 14.8 Å². The van der Waals surface area contributed by atoms with Gasteiger partial charge in [0.15, 0.2) is 11.5 Å². The van der Waals surface area contributed by atoms with Gasteiger partial charge < -0.3 is 5.11 Å². The quantitative estimate of drug-likeness (QED) is 0.790. The molecule has 0 aliphatic rings. The van der Waals surface area contributed by atoms with Crippen LogP contribution in [-0.4, -0.2) is 21.0 Å². The molecule has 114 valence electrons. The average molecular weight is 304 g/mol. The molecule has 3 aromatic rings. The molecule has 1 N–H and O–H groups in total. The van der Waals surface area contributed by atoms with Gasteiger partial charge in [0.25, 0.3) is 0 Å². The maximum atomic E-state index is 11.4. The summed E-state index contributed by atoms with van der Waals surface area (Å²) in [6.45, 7) is 4.00. The van der Waals surface area contributed by atoms with Gasteiger partial charge in [-0.15, -0.1) is 0 Å². The molecular weight excluding hydrogens is 288 g/mol. The summed E-state index contributed by atoms with van der Waals surface area (Å²) in [4.78, 5) is 20.1. The lowest BCUT2D eigenvalue weighted by atomic mass is 10.1.